The molecule has 0 radical (unpaired) electrons. The fraction of sp³-hybridized carbons (Fsp3) is 0.381. The largest absolute Gasteiger partial charge is 0.493 e. The number of carbonyl (C=O) groups is 1. The third kappa shape index (κ3) is 4.75. The van der Waals surface area contributed by atoms with Crippen molar-refractivity contribution in [1.82, 2.24) is 0 Å². The van der Waals surface area contributed by atoms with Crippen molar-refractivity contribution in [3.05, 3.63) is 52.8 Å². The summed E-state index contributed by atoms with van der Waals surface area (Å²) in [6.07, 6.45) is 0.888. The van der Waals surface area contributed by atoms with Gasteiger partial charge in [0, 0.05) is 12.5 Å². The van der Waals surface area contributed by atoms with E-state index >= 15 is 0 Å². The second-order valence-corrected chi connectivity index (χ2v) is 5.84. The van der Waals surface area contributed by atoms with Crippen molar-refractivity contribution < 1.29 is 23.4 Å². The summed E-state index contributed by atoms with van der Waals surface area (Å²) in [5, 5.41) is 0. The summed E-state index contributed by atoms with van der Waals surface area (Å²) < 4.78 is 30.9. The van der Waals surface area contributed by atoms with Crippen LogP contribution in [0.15, 0.2) is 30.3 Å². The zero-order valence-electron chi connectivity index (χ0n) is 15.7. The molecule has 0 aliphatic carbocycles. The van der Waals surface area contributed by atoms with Gasteiger partial charge in [0.25, 0.3) is 0 Å². The summed E-state index contributed by atoms with van der Waals surface area (Å²) in [5.41, 5.74) is 2.13. The molecule has 0 aliphatic heterocycles. The van der Waals surface area contributed by atoms with Crippen molar-refractivity contribution in [3.63, 3.8) is 0 Å². The average molecular weight is 360 g/mol. The average Bonchev–Trinajstić information content (AvgIpc) is 2.63. The summed E-state index contributed by atoms with van der Waals surface area (Å²) in [4.78, 5) is 11.7. The Kier molecular flexibility index (Phi) is 7.01. The molecule has 0 saturated carbocycles. The first-order valence-electron chi connectivity index (χ1n) is 8.87. The Hall–Kier alpha value is -2.56. The van der Waals surface area contributed by atoms with Gasteiger partial charge in [-0.05, 0) is 49.6 Å². The normalized spacial score (nSPS) is 10.5. The minimum atomic E-state index is -0.338. The van der Waals surface area contributed by atoms with E-state index < -0.39 is 0 Å². The lowest BCUT2D eigenvalue weighted by Crippen LogP contribution is -2.10. The highest BCUT2D eigenvalue weighted by Crippen LogP contribution is 2.31. The molecule has 0 heterocycles. The minimum absolute atomic E-state index is 0.105. The molecule has 2 aromatic rings. The van der Waals surface area contributed by atoms with Crippen LogP contribution < -0.4 is 14.2 Å². The van der Waals surface area contributed by atoms with Crippen molar-refractivity contribution in [3.8, 4) is 17.2 Å². The van der Waals surface area contributed by atoms with Gasteiger partial charge in [0.05, 0.1) is 12.2 Å². The van der Waals surface area contributed by atoms with Crippen LogP contribution in [0.4, 0.5) is 4.39 Å². The van der Waals surface area contributed by atoms with Gasteiger partial charge in [0.1, 0.15) is 29.7 Å². The molecule has 0 aliphatic rings. The lowest BCUT2D eigenvalue weighted by Gasteiger charge is -2.16. The topological polar surface area (TPSA) is 44.8 Å². The molecular formula is C21H25FO4. The second kappa shape index (κ2) is 9.22. The van der Waals surface area contributed by atoms with Crippen molar-refractivity contribution in [2.75, 3.05) is 6.61 Å². The summed E-state index contributed by atoms with van der Waals surface area (Å²) in [7, 11) is 0. The van der Waals surface area contributed by atoms with Gasteiger partial charge in [-0.15, -0.1) is 0 Å². The number of aryl methyl sites for hydroxylation is 2. The van der Waals surface area contributed by atoms with Gasteiger partial charge in [0.15, 0.2) is 0 Å². The molecule has 0 aromatic heterocycles. The van der Waals surface area contributed by atoms with Crippen LogP contribution in [0, 0.1) is 12.7 Å². The van der Waals surface area contributed by atoms with Crippen LogP contribution in [-0.2, 0) is 17.8 Å². The van der Waals surface area contributed by atoms with Crippen molar-refractivity contribution >= 4 is 5.97 Å². The van der Waals surface area contributed by atoms with Gasteiger partial charge < -0.3 is 14.2 Å². The molecule has 5 heteroatoms. The standard InChI is InChI=1S/C21H25FO4/c1-5-15-11-14(4)20(12-17(15)22)25-13-16-18(24-7-3)9-8-10-19(16)26-21(23)6-2/h8-12H,5-7,13H2,1-4H3. The quantitative estimate of drug-likeness (QED) is 0.491. The molecule has 0 N–H and O–H groups in total. The van der Waals surface area contributed by atoms with Crippen LogP contribution in [0.1, 0.15) is 43.9 Å². The maximum Gasteiger partial charge on any atom is 0.310 e. The lowest BCUT2D eigenvalue weighted by atomic mass is 10.1. The fourth-order valence-corrected chi connectivity index (χ4v) is 2.57. The van der Waals surface area contributed by atoms with Gasteiger partial charge in [-0.2, -0.15) is 0 Å². The Morgan fingerprint density at radius 3 is 2.42 bits per heavy atom. The highest BCUT2D eigenvalue weighted by molar-refractivity contribution is 5.72. The summed E-state index contributed by atoms with van der Waals surface area (Å²) in [5.74, 6) is 0.806. The highest BCUT2D eigenvalue weighted by Gasteiger charge is 2.15. The number of rotatable bonds is 8. The van der Waals surface area contributed by atoms with Gasteiger partial charge in [-0.3, -0.25) is 4.79 Å². The molecule has 26 heavy (non-hydrogen) atoms. The molecule has 4 nitrogen and oxygen atoms in total. The van der Waals surface area contributed by atoms with Crippen molar-refractivity contribution in [2.24, 2.45) is 0 Å². The Morgan fingerprint density at radius 2 is 1.77 bits per heavy atom. The first kappa shape index (κ1) is 19.8. The van der Waals surface area contributed by atoms with Crippen LogP contribution in [-0.4, -0.2) is 12.6 Å². The van der Waals surface area contributed by atoms with Gasteiger partial charge in [-0.1, -0.05) is 19.9 Å². The van der Waals surface area contributed by atoms with Crippen molar-refractivity contribution in [2.45, 2.75) is 47.1 Å². The number of hydrogen-bond acceptors (Lipinski definition) is 4. The third-order valence-corrected chi connectivity index (χ3v) is 4.00. The Labute approximate surface area is 153 Å². The number of carbonyl (C=O) groups excluding carboxylic acids is 1. The molecule has 0 saturated heterocycles. The molecule has 140 valence electrons. The van der Waals surface area contributed by atoms with Crippen LogP contribution in [0.3, 0.4) is 0 Å². The molecule has 0 bridgehead atoms. The fourth-order valence-electron chi connectivity index (χ4n) is 2.57. The van der Waals surface area contributed by atoms with Crippen LogP contribution in [0.5, 0.6) is 17.2 Å². The lowest BCUT2D eigenvalue weighted by molar-refractivity contribution is -0.134. The maximum absolute atomic E-state index is 14.1. The number of ether oxygens (including phenoxy) is 3. The number of hydrogen-bond donors (Lipinski definition) is 0. The van der Waals surface area contributed by atoms with E-state index in [1.54, 1.807) is 31.2 Å². The van der Waals surface area contributed by atoms with E-state index in [-0.39, 0.29) is 24.8 Å². The van der Waals surface area contributed by atoms with Gasteiger partial charge in [0.2, 0.25) is 0 Å². The molecule has 2 rings (SSSR count). The second-order valence-electron chi connectivity index (χ2n) is 5.84. The zero-order chi connectivity index (χ0) is 19.1. The first-order chi connectivity index (χ1) is 12.5. The summed E-state index contributed by atoms with van der Waals surface area (Å²) >= 11 is 0. The SMILES string of the molecule is CCOc1cccc(OC(=O)CC)c1COc1cc(F)c(CC)cc1C. The monoisotopic (exact) mass is 360 g/mol. The third-order valence-electron chi connectivity index (χ3n) is 4.00. The molecule has 0 unspecified atom stereocenters. The summed E-state index contributed by atoms with van der Waals surface area (Å²) in [6, 6.07) is 8.43. The minimum Gasteiger partial charge on any atom is -0.493 e. The Balaban J connectivity index is 2.30. The Bertz CT molecular complexity index is 771. The van der Waals surface area contributed by atoms with Crippen LogP contribution in [0.25, 0.3) is 0 Å². The molecular weight excluding hydrogens is 335 g/mol. The van der Waals surface area contributed by atoms with Gasteiger partial charge in [-0.25, -0.2) is 4.39 Å². The molecule has 2 aromatic carbocycles. The van der Waals surface area contributed by atoms with Crippen molar-refractivity contribution in [1.29, 1.82) is 0 Å². The van der Waals surface area contributed by atoms with Crippen LogP contribution >= 0.6 is 0 Å². The van der Waals surface area contributed by atoms with Crippen LogP contribution in [0.2, 0.25) is 0 Å². The van der Waals surface area contributed by atoms with E-state index in [4.69, 9.17) is 14.2 Å². The van der Waals surface area contributed by atoms with E-state index in [1.807, 2.05) is 20.8 Å². The van der Waals surface area contributed by atoms with E-state index in [9.17, 15) is 9.18 Å². The van der Waals surface area contributed by atoms with E-state index in [2.05, 4.69) is 0 Å². The van der Waals surface area contributed by atoms with E-state index in [0.717, 1.165) is 5.56 Å². The highest BCUT2D eigenvalue weighted by atomic mass is 19.1. The van der Waals surface area contributed by atoms with E-state index in [1.165, 1.54) is 6.07 Å². The predicted molar refractivity (Wildman–Crippen MR) is 98.4 cm³/mol. The number of halogens is 1. The number of benzene rings is 2. The predicted octanol–water partition coefficient (Wildman–Crippen LogP) is 4.99. The van der Waals surface area contributed by atoms with Gasteiger partial charge >= 0.3 is 5.97 Å². The Morgan fingerprint density at radius 1 is 1.04 bits per heavy atom. The molecule has 0 atom stereocenters. The maximum atomic E-state index is 14.1. The van der Waals surface area contributed by atoms with E-state index in [0.29, 0.717) is 41.4 Å². The molecule has 0 fully saturated rings. The first-order valence-corrected chi connectivity index (χ1v) is 8.87. The molecule has 0 spiro atoms. The number of esters is 1. The molecule has 0 amide bonds. The zero-order valence-corrected chi connectivity index (χ0v) is 15.7. The summed E-state index contributed by atoms with van der Waals surface area (Å²) in [6.45, 7) is 7.96. The smallest absolute Gasteiger partial charge is 0.310 e.